The van der Waals surface area contributed by atoms with E-state index in [9.17, 15) is 4.79 Å². The molecule has 0 aromatic heterocycles. The Bertz CT molecular complexity index is 398. The number of carbonyl (C=O) groups excluding carboxylic acids is 1. The predicted molar refractivity (Wildman–Crippen MR) is 94.8 cm³/mol. The van der Waals surface area contributed by atoms with Crippen molar-refractivity contribution in [1.82, 2.24) is 15.1 Å². The number of nitrogens with one attached hydrogen (secondary N) is 1. The third kappa shape index (κ3) is 7.57. The van der Waals surface area contributed by atoms with E-state index in [-0.39, 0.29) is 12.0 Å². The molecule has 0 spiro atoms. The maximum absolute atomic E-state index is 12.0. The molecule has 0 aromatic carbocycles. The second-order valence-electron chi connectivity index (χ2n) is 7.35. The molecule has 1 aliphatic rings. The predicted octanol–water partition coefficient (Wildman–Crippen LogP) is 2.55. The van der Waals surface area contributed by atoms with Gasteiger partial charge in [-0.2, -0.15) is 0 Å². The quantitative estimate of drug-likeness (QED) is 0.623. The number of nitrogens with zero attached hydrogens (tertiary/aromatic N) is 3. The van der Waals surface area contributed by atoms with Crippen LogP contribution in [0.5, 0.6) is 0 Å². The largest absolute Gasteiger partial charge is 0.444 e. The van der Waals surface area contributed by atoms with Crippen LogP contribution in [0, 0.1) is 5.92 Å². The van der Waals surface area contributed by atoms with Gasteiger partial charge >= 0.3 is 6.09 Å². The SMILES string of the molecule is CCNC(=NCC(C)CN(C)C(=O)OC(C)(C)C)N1CCCC1. The molecule has 23 heavy (non-hydrogen) atoms. The van der Waals surface area contributed by atoms with Gasteiger partial charge < -0.3 is 19.9 Å². The normalized spacial score (nSPS) is 17.1. The van der Waals surface area contributed by atoms with Crippen LogP contribution in [0.1, 0.15) is 47.5 Å². The molecule has 0 bridgehead atoms. The van der Waals surface area contributed by atoms with Gasteiger partial charge in [-0.15, -0.1) is 0 Å². The van der Waals surface area contributed by atoms with E-state index in [2.05, 4.69) is 24.1 Å². The highest BCUT2D eigenvalue weighted by atomic mass is 16.6. The fourth-order valence-corrected chi connectivity index (χ4v) is 2.54. The highest BCUT2D eigenvalue weighted by molar-refractivity contribution is 5.80. The first-order valence-corrected chi connectivity index (χ1v) is 8.70. The molecule has 1 unspecified atom stereocenters. The summed E-state index contributed by atoms with van der Waals surface area (Å²) in [6, 6.07) is 0. The van der Waals surface area contributed by atoms with E-state index >= 15 is 0 Å². The van der Waals surface area contributed by atoms with Gasteiger partial charge in [0.15, 0.2) is 5.96 Å². The lowest BCUT2D eigenvalue weighted by Crippen LogP contribution is -2.40. The molecule has 0 aliphatic carbocycles. The maximum atomic E-state index is 12.0. The van der Waals surface area contributed by atoms with Gasteiger partial charge in [0.1, 0.15) is 5.60 Å². The molecule has 0 radical (unpaired) electrons. The minimum absolute atomic E-state index is 0.278. The van der Waals surface area contributed by atoms with E-state index in [1.807, 2.05) is 20.8 Å². The van der Waals surface area contributed by atoms with Crippen molar-refractivity contribution in [2.45, 2.75) is 53.1 Å². The van der Waals surface area contributed by atoms with Gasteiger partial charge in [0, 0.05) is 39.8 Å². The van der Waals surface area contributed by atoms with Crippen molar-refractivity contribution in [3.05, 3.63) is 0 Å². The van der Waals surface area contributed by atoms with Crippen LogP contribution in [-0.4, -0.2) is 67.2 Å². The van der Waals surface area contributed by atoms with Gasteiger partial charge in [-0.25, -0.2) is 4.79 Å². The van der Waals surface area contributed by atoms with Gasteiger partial charge in [-0.1, -0.05) is 6.92 Å². The van der Waals surface area contributed by atoms with Gasteiger partial charge in [0.25, 0.3) is 0 Å². The second kappa shape index (κ2) is 8.99. The summed E-state index contributed by atoms with van der Waals surface area (Å²) in [6.07, 6.45) is 2.20. The van der Waals surface area contributed by atoms with Crippen LogP contribution in [0.25, 0.3) is 0 Å². The smallest absolute Gasteiger partial charge is 0.410 e. The third-order valence-electron chi connectivity index (χ3n) is 3.58. The Labute approximate surface area is 141 Å². The van der Waals surface area contributed by atoms with Gasteiger partial charge in [-0.3, -0.25) is 4.99 Å². The summed E-state index contributed by atoms with van der Waals surface area (Å²) in [6.45, 7) is 14.2. The zero-order valence-corrected chi connectivity index (χ0v) is 15.7. The van der Waals surface area contributed by atoms with Gasteiger partial charge in [-0.05, 0) is 46.5 Å². The van der Waals surface area contributed by atoms with Crippen molar-refractivity contribution in [3.8, 4) is 0 Å². The van der Waals surface area contributed by atoms with Crippen LogP contribution in [-0.2, 0) is 4.74 Å². The van der Waals surface area contributed by atoms with Crippen LogP contribution in [0.2, 0.25) is 0 Å². The van der Waals surface area contributed by atoms with E-state index in [0.29, 0.717) is 13.1 Å². The first-order chi connectivity index (χ1) is 10.7. The highest BCUT2D eigenvalue weighted by Gasteiger charge is 2.21. The average Bonchev–Trinajstić information content (AvgIpc) is 2.95. The van der Waals surface area contributed by atoms with Crippen LogP contribution >= 0.6 is 0 Å². The molecule has 1 fully saturated rings. The lowest BCUT2D eigenvalue weighted by molar-refractivity contribution is 0.0279. The maximum Gasteiger partial charge on any atom is 0.410 e. The Hall–Kier alpha value is -1.46. The average molecular weight is 326 g/mol. The molecule has 1 aliphatic heterocycles. The van der Waals surface area contributed by atoms with Crippen molar-refractivity contribution in [3.63, 3.8) is 0 Å². The number of hydrogen-bond donors (Lipinski definition) is 1. The second-order valence-corrected chi connectivity index (χ2v) is 7.35. The fraction of sp³-hybridized carbons (Fsp3) is 0.882. The summed E-state index contributed by atoms with van der Waals surface area (Å²) >= 11 is 0. The molecular weight excluding hydrogens is 292 g/mol. The van der Waals surface area contributed by atoms with E-state index in [1.54, 1.807) is 11.9 Å². The molecule has 1 amide bonds. The summed E-state index contributed by atoms with van der Waals surface area (Å²) < 4.78 is 5.38. The number of amides is 1. The number of ether oxygens (including phenoxy) is 1. The molecule has 1 atom stereocenters. The molecule has 1 heterocycles. The van der Waals surface area contributed by atoms with Crippen molar-refractivity contribution in [1.29, 1.82) is 0 Å². The number of aliphatic imine (C=N–C) groups is 1. The fourth-order valence-electron chi connectivity index (χ4n) is 2.54. The zero-order valence-electron chi connectivity index (χ0n) is 15.7. The topological polar surface area (TPSA) is 57.2 Å². The van der Waals surface area contributed by atoms with Crippen LogP contribution < -0.4 is 5.32 Å². The van der Waals surface area contributed by atoms with Gasteiger partial charge in [0.05, 0.1) is 0 Å². The Balaban J connectivity index is 2.48. The van der Waals surface area contributed by atoms with E-state index in [4.69, 9.17) is 9.73 Å². The van der Waals surface area contributed by atoms with Crippen molar-refractivity contribution < 1.29 is 9.53 Å². The van der Waals surface area contributed by atoms with Crippen LogP contribution in [0.15, 0.2) is 4.99 Å². The summed E-state index contributed by atoms with van der Waals surface area (Å²) in [5.41, 5.74) is -0.458. The Morgan fingerprint density at radius 3 is 2.48 bits per heavy atom. The number of hydrogen-bond acceptors (Lipinski definition) is 3. The molecule has 0 saturated carbocycles. The number of guanidine groups is 1. The first kappa shape index (κ1) is 19.6. The molecular formula is C17H34N4O2. The summed E-state index contributed by atoms with van der Waals surface area (Å²) in [5.74, 6) is 1.28. The molecule has 1 saturated heterocycles. The van der Waals surface area contributed by atoms with Crippen molar-refractivity contribution >= 4 is 12.1 Å². The minimum atomic E-state index is -0.458. The number of rotatable bonds is 5. The lowest BCUT2D eigenvalue weighted by atomic mass is 10.2. The number of carbonyl (C=O) groups is 1. The Kier molecular flexibility index (Phi) is 7.65. The van der Waals surface area contributed by atoms with Gasteiger partial charge in [0.2, 0.25) is 0 Å². The Morgan fingerprint density at radius 2 is 1.96 bits per heavy atom. The van der Waals surface area contributed by atoms with Crippen LogP contribution in [0.4, 0.5) is 4.79 Å². The summed E-state index contributed by atoms with van der Waals surface area (Å²) in [4.78, 5) is 20.7. The lowest BCUT2D eigenvalue weighted by Gasteiger charge is -2.26. The third-order valence-corrected chi connectivity index (χ3v) is 3.58. The van der Waals surface area contributed by atoms with Crippen molar-refractivity contribution in [2.75, 3.05) is 39.8 Å². The van der Waals surface area contributed by atoms with Crippen molar-refractivity contribution in [2.24, 2.45) is 10.9 Å². The molecule has 134 valence electrons. The standard InChI is InChI=1S/C17H34N4O2/c1-7-18-15(21-10-8-9-11-21)19-12-14(2)13-20(6)16(22)23-17(3,4)5/h14H,7-13H2,1-6H3,(H,18,19). The molecule has 0 aromatic rings. The number of likely N-dealkylation sites (tertiary alicyclic amines) is 1. The zero-order chi connectivity index (χ0) is 17.5. The molecule has 1 N–H and O–H groups in total. The van der Waals surface area contributed by atoms with E-state index in [0.717, 1.165) is 25.6 Å². The first-order valence-electron chi connectivity index (χ1n) is 8.70. The highest BCUT2D eigenvalue weighted by Crippen LogP contribution is 2.11. The monoisotopic (exact) mass is 326 g/mol. The molecule has 1 rings (SSSR count). The molecule has 6 heteroatoms. The minimum Gasteiger partial charge on any atom is -0.444 e. The summed E-state index contributed by atoms with van der Waals surface area (Å²) in [7, 11) is 1.78. The molecule has 6 nitrogen and oxygen atoms in total. The Morgan fingerprint density at radius 1 is 1.35 bits per heavy atom. The van der Waals surface area contributed by atoms with E-state index in [1.165, 1.54) is 12.8 Å². The van der Waals surface area contributed by atoms with Crippen LogP contribution in [0.3, 0.4) is 0 Å². The summed E-state index contributed by atoms with van der Waals surface area (Å²) in [5, 5.41) is 3.36. The van der Waals surface area contributed by atoms with E-state index < -0.39 is 5.60 Å².